The highest BCUT2D eigenvalue weighted by Gasteiger charge is 2.06. The highest BCUT2D eigenvalue weighted by atomic mass is 16.1. The first-order valence-corrected chi connectivity index (χ1v) is 5.01. The van der Waals surface area contributed by atoms with Crippen molar-refractivity contribution in [3.8, 4) is 0 Å². The van der Waals surface area contributed by atoms with Gasteiger partial charge in [0.15, 0.2) is 0 Å². The molecule has 1 aromatic heterocycles. The van der Waals surface area contributed by atoms with E-state index in [-0.39, 0.29) is 0 Å². The van der Waals surface area contributed by atoms with E-state index in [1.54, 1.807) is 6.20 Å². The van der Waals surface area contributed by atoms with Crippen molar-refractivity contribution in [3.63, 3.8) is 0 Å². The van der Waals surface area contributed by atoms with Gasteiger partial charge < -0.3 is 0 Å². The summed E-state index contributed by atoms with van der Waals surface area (Å²) in [5.41, 5.74) is 2.04. The minimum absolute atomic E-state index is 0.311. The zero-order chi connectivity index (χ0) is 10.6. The first kappa shape index (κ1) is 10.9. The van der Waals surface area contributed by atoms with Crippen LogP contribution in [0.2, 0.25) is 0 Å². The van der Waals surface area contributed by atoms with Gasteiger partial charge in [0, 0.05) is 24.7 Å². The molecule has 0 radical (unpaired) electrons. The monoisotopic (exact) mass is 191 g/mol. The van der Waals surface area contributed by atoms with Gasteiger partial charge in [-0.2, -0.15) is 0 Å². The molecule has 14 heavy (non-hydrogen) atoms. The molecule has 0 N–H and O–H groups in total. The van der Waals surface area contributed by atoms with Crippen LogP contribution in [0.15, 0.2) is 18.3 Å². The Morgan fingerprint density at radius 2 is 2.21 bits per heavy atom. The van der Waals surface area contributed by atoms with Gasteiger partial charge in [-0.1, -0.05) is 13.8 Å². The molecule has 0 fully saturated rings. The van der Waals surface area contributed by atoms with Gasteiger partial charge in [0.05, 0.1) is 0 Å². The smallest absolute Gasteiger partial charge is 0.137 e. The SMILES string of the molecule is Cc1cc(CC(=O)CC(C)C)ccn1. The van der Waals surface area contributed by atoms with Gasteiger partial charge in [0.1, 0.15) is 5.78 Å². The van der Waals surface area contributed by atoms with Gasteiger partial charge in [0.2, 0.25) is 0 Å². The van der Waals surface area contributed by atoms with Crippen LogP contribution in [-0.4, -0.2) is 10.8 Å². The van der Waals surface area contributed by atoms with Crippen LogP contribution in [0.3, 0.4) is 0 Å². The molecule has 2 nitrogen and oxygen atoms in total. The van der Waals surface area contributed by atoms with Crippen LogP contribution in [0.5, 0.6) is 0 Å². The maximum absolute atomic E-state index is 11.5. The fourth-order valence-corrected chi connectivity index (χ4v) is 1.47. The number of nitrogens with zero attached hydrogens (tertiary/aromatic N) is 1. The number of Topliss-reactive ketones (excluding diaryl/α,β-unsaturated/α-hetero) is 1. The van der Waals surface area contributed by atoms with Crippen LogP contribution >= 0.6 is 0 Å². The van der Waals surface area contributed by atoms with Crippen LogP contribution in [0, 0.1) is 12.8 Å². The molecule has 0 amide bonds. The summed E-state index contributed by atoms with van der Waals surface area (Å²) in [5.74, 6) is 0.760. The third-order valence-corrected chi connectivity index (χ3v) is 2.00. The molecule has 1 heterocycles. The molecule has 0 aliphatic carbocycles. The van der Waals surface area contributed by atoms with Crippen LogP contribution in [0.1, 0.15) is 31.5 Å². The van der Waals surface area contributed by atoms with Gasteiger partial charge in [-0.05, 0) is 30.5 Å². The van der Waals surface area contributed by atoms with Crippen molar-refractivity contribution < 1.29 is 4.79 Å². The number of carbonyl (C=O) groups is 1. The largest absolute Gasteiger partial charge is 0.299 e. The lowest BCUT2D eigenvalue weighted by Gasteiger charge is -2.04. The maximum atomic E-state index is 11.5. The topological polar surface area (TPSA) is 30.0 Å². The third kappa shape index (κ3) is 3.69. The molecule has 2 heteroatoms. The first-order valence-electron chi connectivity index (χ1n) is 5.01. The number of hydrogen-bond donors (Lipinski definition) is 0. The number of rotatable bonds is 4. The molecule has 0 aromatic carbocycles. The molecular formula is C12H17NO. The average molecular weight is 191 g/mol. The Kier molecular flexibility index (Phi) is 3.81. The number of pyridine rings is 1. The Balaban J connectivity index is 2.56. The second kappa shape index (κ2) is 4.89. The zero-order valence-corrected chi connectivity index (χ0v) is 9.08. The normalized spacial score (nSPS) is 10.6. The second-order valence-corrected chi connectivity index (χ2v) is 4.12. The van der Waals surface area contributed by atoms with Crippen LogP contribution < -0.4 is 0 Å². The van der Waals surface area contributed by atoms with Gasteiger partial charge in [-0.15, -0.1) is 0 Å². The summed E-state index contributed by atoms with van der Waals surface area (Å²) >= 11 is 0. The molecule has 0 bridgehead atoms. The second-order valence-electron chi connectivity index (χ2n) is 4.12. The van der Waals surface area contributed by atoms with E-state index in [4.69, 9.17) is 0 Å². The molecule has 1 aromatic rings. The standard InChI is InChI=1S/C12H17NO/c1-9(2)6-12(14)8-11-4-5-13-10(3)7-11/h4-5,7,9H,6,8H2,1-3H3. The third-order valence-electron chi connectivity index (χ3n) is 2.00. The van der Waals surface area contributed by atoms with E-state index < -0.39 is 0 Å². The van der Waals surface area contributed by atoms with E-state index in [2.05, 4.69) is 18.8 Å². The number of aryl methyl sites for hydroxylation is 1. The number of carbonyl (C=O) groups excluding carboxylic acids is 1. The van der Waals surface area contributed by atoms with Crippen molar-refractivity contribution >= 4 is 5.78 Å². The molecule has 76 valence electrons. The molecule has 0 atom stereocenters. The van der Waals surface area contributed by atoms with Crippen molar-refractivity contribution in [1.29, 1.82) is 0 Å². The van der Waals surface area contributed by atoms with Gasteiger partial charge >= 0.3 is 0 Å². The molecular weight excluding hydrogens is 174 g/mol. The Hall–Kier alpha value is -1.18. The number of aromatic nitrogens is 1. The van der Waals surface area contributed by atoms with E-state index in [1.165, 1.54) is 0 Å². The minimum atomic E-state index is 0.311. The van der Waals surface area contributed by atoms with Crippen LogP contribution in [0.4, 0.5) is 0 Å². The maximum Gasteiger partial charge on any atom is 0.137 e. The lowest BCUT2D eigenvalue weighted by Crippen LogP contribution is -2.06. The van der Waals surface area contributed by atoms with Crippen molar-refractivity contribution in [3.05, 3.63) is 29.6 Å². The van der Waals surface area contributed by atoms with Crippen LogP contribution in [-0.2, 0) is 11.2 Å². The molecule has 0 aliphatic heterocycles. The van der Waals surface area contributed by atoms with Gasteiger partial charge in [-0.3, -0.25) is 9.78 Å². The van der Waals surface area contributed by atoms with E-state index >= 15 is 0 Å². The van der Waals surface area contributed by atoms with Crippen molar-refractivity contribution in [2.24, 2.45) is 5.92 Å². The molecule has 0 spiro atoms. The highest BCUT2D eigenvalue weighted by molar-refractivity contribution is 5.80. The zero-order valence-electron chi connectivity index (χ0n) is 9.08. The van der Waals surface area contributed by atoms with E-state index in [1.807, 2.05) is 19.1 Å². The number of hydrogen-bond acceptors (Lipinski definition) is 2. The Morgan fingerprint density at radius 3 is 2.79 bits per heavy atom. The molecule has 0 saturated heterocycles. The summed E-state index contributed by atoms with van der Waals surface area (Å²) in [6.45, 7) is 6.07. The molecule has 0 unspecified atom stereocenters. The predicted octanol–water partition coefficient (Wildman–Crippen LogP) is 2.55. The predicted molar refractivity (Wildman–Crippen MR) is 57.1 cm³/mol. The Bertz CT molecular complexity index is 318. The molecule has 0 aliphatic rings. The summed E-state index contributed by atoms with van der Waals surface area (Å²) in [4.78, 5) is 15.6. The fraction of sp³-hybridized carbons (Fsp3) is 0.500. The van der Waals surface area contributed by atoms with E-state index in [0.29, 0.717) is 24.5 Å². The fourth-order valence-electron chi connectivity index (χ4n) is 1.47. The molecule has 1 rings (SSSR count). The van der Waals surface area contributed by atoms with E-state index in [0.717, 1.165) is 11.3 Å². The summed E-state index contributed by atoms with van der Waals surface area (Å²) in [6, 6.07) is 3.88. The summed E-state index contributed by atoms with van der Waals surface area (Å²) in [6.07, 6.45) is 2.97. The lowest BCUT2D eigenvalue weighted by molar-refractivity contribution is -0.119. The number of ketones is 1. The van der Waals surface area contributed by atoms with Gasteiger partial charge in [-0.25, -0.2) is 0 Å². The van der Waals surface area contributed by atoms with Crippen molar-refractivity contribution in [2.75, 3.05) is 0 Å². The summed E-state index contributed by atoms with van der Waals surface area (Å²) in [5, 5.41) is 0. The minimum Gasteiger partial charge on any atom is -0.299 e. The lowest BCUT2D eigenvalue weighted by atomic mass is 10.0. The van der Waals surface area contributed by atoms with Crippen molar-refractivity contribution in [2.45, 2.75) is 33.6 Å². The summed E-state index contributed by atoms with van der Waals surface area (Å²) in [7, 11) is 0. The average Bonchev–Trinajstić information content (AvgIpc) is 2.01. The van der Waals surface area contributed by atoms with Crippen molar-refractivity contribution in [1.82, 2.24) is 4.98 Å². The Labute approximate surface area is 85.4 Å². The highest BCUT2D eigenvalue weighted by Crippen LogP contribution is 2.07. The molecule has 0 saturated carbocycles. The summed E-state index contributed by atoms with van der Waals surface area (Å²) < 4.78 is 0. The van der Waals surface area contributed by atoms with Crippen LogP contribution in [0.25, 0.3) is 0 Å². The van der Waals surface area contributed by atoms with Gasteiger partial charge in [0.25, 0.3) is 0 Å². The first-order chi connectivity index (χ1) is 6.58. The Morgan fingerprint density at radius 1 is 1.50 bits per heavy atom. The van der Waals surface area contributed by atoms with E-state index in [9.17, 15) is 4.79 Å². The quantitative estimate of drug-likeness (QED) is 0.732.